The molecule has 2 aromatic heterocycles. The van der Waals surface area contributed by atoms with Crippen LogP contribution in [-0.2, 0) is 6.42 Å². The third-order valence-corrected chi connectivity index (χ3v) is 5.66. The van der Waals surface area contributed by atoms with Crippen LogP contribution in [-0.4, -0.2) is 75.7 Å². The van der Waals surface area contributed by atoms with Crippen LogP contribution in [0.3, 0.4) is 0 Å². The molecule has 0 aromatic carbocycles. The lowest BCUT2D eigenvalue weighted by atomic mass is 10.2. The molecule has 1 unspecified atom stereocenters. The number of aryl methyl sites for hydroxylation is 1. The second-order valence-corrected chi connectivity index (χ2v) is 7.52. The van der Waals surface area contributed by atoms with E-state index < -0.39 is 0 Å². The van der Waals surface area contributed by atoms with Crippen molar-refractivity contribution in [3.63, 3.8) is 0 Å². The first kappa shape index (κ1) is 18.2. The van der Waals surface area contributed by atoms with Crippen LogP contribution in [0, 0.1) is 0 Å². The third-order valence-electron chi connectivity index (χ3n) is 5.66. The van der Waals surface area contributed by atoms with Crippen LogP contribution in [0.15, 0.2) is 29.4 Å². The van der Waals surface area contributed by atoms with Crippen LogP contribution in [0.1, 0.15) is 38.4 Å². The first-order valence-corrected chi connectivity index (χ1v) is 10.4. The molecular formula is C20H31N7. The van der Waals surface area contributed by atoms with Crippen molar-refractivity contribution >= 4 is 11.6 Å². The number of fused-ring (bicyclic) bond motifs is 1. The minimum atomic E-state index is 0.707. The molecule has 4 rings (SSSR count). The van der Waals surface area contributed by atoms with E-state index in [9.17, 15) is 0 Å². The van der Waals surface area contributed by atoms with Crippen LogP contribution >= 0.6 is 0 Å². The molecule has 0 aliphatic carbocycles. The number of nitrogens with zero attached hydrogens (tertiary/aromatic N) is 6. The van der Waals surface area contributed by atoms with Crippen molar-refractivity contribution in [1.29, 1.82) is 0 Å². The fraction of sp³-hybridized carbons (Fsp3) is 0.650. The van der Waals surface area contributed by atoms with Crippen molar-refractivity contribution in [3.8, 4) is 0 Å². The Kier molecular flexibility index (Phi) is 5.87. The van der Waals surface area contributed by atoms with Crippen LogP contribution < -0.4 is 5.32 Å². The number of aliphatic imine (C=N–C) groups is 1. The molecule has 2 saturated heterocycles. The zero-order valence-corrected chi connectivity index (χ0v) is 16.3. The molecule has 0 bridgehead atoms. The molecule has 0 saturated carbocycles. The second kappa shape index (κ2) is 8.69. The molecule has 4 heterocycles. The molecule has 0 amide bonds. The fourth-order valence-corrected chi connectivity index (χ4v) is 4.25. The van der Waals surface area contributed by atoms with Gasteiger partial charge in [-0.1, -0.05) is 6.07 Å². The molecule has 1 atom stereocenters. The number of rotatable bonds is 6. The molecular weight excluding hydrogens is 338 g/mol. The van der Waals surface area contributed by atoms with Gasteiger partial charge in [0.2, 0.25) is 0 Å². The van der Waals surface area contributed by atoms with Crippen LogP contribution in [0.25, 0.3) is 5.65 Å². The number of hydrogen-bond acceptors (Lipinski definition) is 4. The first-order valence-electron chi connectivity index (χ1n) is 10.4. The average Bonchev–Trinajstić information content (AvgIpc) is 3.45. The van der Waals surface area contributed by atoms with Gasteiger partial charge in [0.25, 0.3) is 0 Å². The molecule has 7 nitrogen and oxygen atoms in total. The standard InChI is InChI=1S/C20H31N7/c1-2-21-20(26-15-10-17(16-26)25-12-5-6-13-25)22-11-7-9-19-24-23-18-8-3-4-14-27(18)19/h3-4,8,14,17H,2,5-7,9-13,15-16H2,1H3,(H,21,22). The molecule has 0 spiro atoms. The predicted octanol–water partition coefficient (Wildman–Crippen LogP) is 1.80. The van der Waals surface area contributed by atoms with Gasteiger partial charge < -0.3 is 10.2 Å². The number of hydrogen-bond donors (Lipinski definition) is 1. The zero-order chi connectivity index (χ0) is 18.5. The van der Waals surface area contributed by atoms with Gasteiger partial charge in [-0.05, 0) is 57.8 Å². The van der Waals surface area contributed by atoms with Gasteiger partial charge in [-0.25, -0.2) is 0 Å². The van der Waals surface area contributed by atoms with E-state index in [1.807, 2.05) is 24.4 Å². The summed E-state index contributed by atoms with van der Waals surface area (Å²) < 4.78 is 2.07. The minimum Gasteiger partial charge on any atom is -0.357 e. The number of nitrogens with one attached hydrogen (secondary N) is 1. The second-order valence-electron chi connectivity index (χ2n) is 7.52. The van der Waals surface area contributed by atoms with Crippen molar-refractivity contribution < 1.29 is 0 Å². The summed E-state index contributed by atoms with van der Waals surface area (Å²) in [5.41, 5.74) is 0.911. The van der Waals surface area contributed by atoms with E-state index in [0.29, 0.717) is 6.04 Å². The Hall–Kier alpha value is -2.15. The Morgan fingerprint density at radius 2 is 2.11 bits per heavy atom. The topological polar surface area (TPSA) is 61.1 Å². The summed E-state index contributed by atoms with van der Waals surface area (Å²) >= 11 is 0. The van der Waals surface area contributed by atoms with Crippen LogP contribution in [0.4, 0.5) is 0 Å². The van der Waals surface area contributed by atoms with E-state index in [1.54, 1.807) is 0 Å². The van der Waals surface area contributed by atoms with Crippen molar-refractivity contribution in [2.24, 2.45) is 4.99 Å². The van der Waals surface area contributed by atoms with Crippen molar-refractivity contribution in [2.75, 3.05) is 39.3 Å². The molecule has 2 aliphatic heterocycles. The predicted molar refractivity (Wildman–Crippen MR) is 108 cm³/mol. The third kappa shape index (κ3) is 4.24. The van der Waals surface area contributed by atoms with Gasteiger partial charge in [-0.15, -0.1) is 10.2 Å². The van der Waals surface area contributed by atoms with Crippen molar-refractivity contribution in [3.05, 3.63) is 30.2 Å². The molecule has 2 aliphatic rings. The van der Waals surface area contributed by atoms with Gasteiger partial charge in [0.05, 0.1) is 0 Å². The van der Waals surface area contributed by atoms with Crippen LogP contribution in [0.2, 0.25) is 0 Å². The highest BCUT2D eigenvalue weighted by molar-refractivity contribution is 5.80. The highest BCUT2D eigenvalue weighted by Crippen LogP contribution is 2.20. The Labute approximate surface area is 161 Å². The van der Waals surface area contributed by atoms with Crippen molar-refractivity contribution in [1.82, 2.24) is 29.7 Å². The average molecular weight is 370 g/mol. The van der Waals surface area contributed by atoms with Gasteiger partial charge in [0, 0.05) is 44.8 Å². The molecule has 146 valence electrons. The van der Waals surface area contributed by atoms with Crippen molar-refractivity contribution in [2.45, 2.75) is 45.1 Å². The highest BCUT2D eigenvalue weighted by Gasteiger charge is 2.30. The molecule has 2 aromatic rings. The Morgan fingerprint density at radius 3 is 2.96 bits per heavy atom. The van der Waals surface area contributed by atoms with E-state index in [1.165, 1.54) is 32.4 Å². The lowest BCUT2D eigenvalue weighted by Gasteiger charge is -2.25. The number of aromatic nitrogens is 3. The van der Waals surface area contributed by atoms with E-state index in [2.05, 4.69) is 36.6 Å². The summed E-state index contributed by atoms with van der Waals surface area (Å²) in [5, 5.41) is 12.0. The Bertz CT molecular complexity index is 763. The molecule has 27 heavy (non-hydrogen) atoms. The summed E-state index contributed by atoms with van der Waals surface area (Å²) in [7, 11) is 0. The molecule has 7 heteroatoms. The van der Waals surface area contributed by atoms with E-state index >= 15 is 0 Å². The number of likely N-dealkylation sites (tertiary alicyclic amines) is 2. The summed E-state index contributed by atoms with van der Waals surface area (Å²) in [6, 6.07) is 6.71. The maximum absolute atomic E-state index is 4.89. The lowest BCUT2D eigenvalue weighted by molar-refractivity contribution is 0.249. The highest BCUT2D eigenvalue weighted by atomic mass is 15.3. The monoisotopic (exact) mass is 369 g/mol. The summed E-state index contributed by atoms with van der Waals surface area (Å²) in [6.07, 6.45) is 7.89. The molecule has 1 N–H and O–H groups in total. The van der Waals surface area contributed by atoms with Gasteiger partial charge >= 0.3 is 0 Å². The van der Waals surface area contributed by atoms with Gasteiger partial charge in [0.15, 0.2) is 11.6 Å². The largest absolute Gasteiger partial charge is 0.357 e. The Morgan fingerprint density at radius 1 is 1.22 bits per heavy atom. The van der Waals surface area contributed by atoms with Gasteiger partial charge in [-0.3, -0.25) is 14.3 Å². The maximum atomic E-state index is 4.89. The smallest absolute Gasteiger partial charge is 0.193 e. The fourth-order valence-electron chi connectivity index (χ4n) is 4.25. The normalized spacial score (nSPS) is 21.4. The van der Waals surface area contributed by atoms with E-state index in [4.69, 9.17) is 4.99 Å². The molecule has 2 fully saturated rings. The van der Waals surface area contributed by atoms with E-state index in [0.717, 1.165) is 56.5 Å². The zero-order valence-electron chi connectivity index (χ0n) is 16.3. The van der Waals surface area contributed by atoms with Gasteiger partial charge in [0.1, 0.15) is 5.82 Å². The quantitative estimate of drug-likeness (QED) is 0.478. The number of pyridine rings is 1. The van der Waals surface area contributed by atoms with Gasteiger partial charge in [-0.2, -0.15) is 0 Å². The lowest BCUT2D eigenvalue weighted by Crippen LogP contribution is -2.42. The minimum absolute atomic E-state index is 0.707. The number of guanidine groups is 1. The summed E-state index contributed by atoms with van der Waals surface area (Å²) in [6.45, 7) is 8.65. The summed E-state index contributed by atoms with van der Waals surface area (Å²) in [5.74, 6) is 2.09. The summed E-state index contributed by atoms with van der Waals surface area (Å²) in [4.78, 5) is 10.0. The molecule has 0 radical (unpaired) electrons. The SMILES string of the molecule is CCNC(=NCCCc1nnc2ccccn12)N1CCC(N2CCCC2)C1. The maximum Gasteiger partial charge on any atom is 0.193 e. The van der Waals surface area contributed by atoms with E-state index in [-0.39, 0.29) is 0 Å². The van der Waals surface area contributed by atoms with Crippen LogP contribution in [0.5, 0.6) is 0 Å². The Balaban J connectivity index is 1.31. The first-order chi connectivity index (χ1) is 13.3.